The predicted molar refractivity (Wildman–Crippen MR) is 149 cm³/mol. The number of nitrogens with one attached hydrogen (secondary N) is 2. The summed E-state index contributed by atoms with van der Waals surface area (Å²) in [4.78, 5) is 25.9. The summed E-state index contributed by atoms with van der Waals surface area (Å²) in [6.45, 7) is 2.41. The number of hydrogen-bond donors (Lipinski definition) is 3. The highest BCUT2D eigenvalue weighted by atomic mass is 35.5. The molecule has 1 fully saturated rings. The van der Waals surface area contributed by atoms with E-state index >= 15 is 0 Å². The van der Waals surface area contributed by atoms with Crippen molar-refractivity contribution in [2.24, 2.45) is 0 Å². The molecule has 0 spiro atoms. The minimum absolute atomic E-state index is 0.0510. The van der Waals surface area contributed by atoms with Crippen LogP contribution in [0.2, 0.25) is 5.02 Å². The maximum Gasteiger partial charge on any atom is 0.342 e. The molecule has 0 radical (unpaired) electrons. The number of aromatic nitrogens is 2. The fraction of sp³-hybridized carbons (Fsp3) is 0.233. The normalized spacial score (nSPS) is 13.4. The van der Waals surface area contributed by atoms with Gasteiger partial charge in [-0.2, -0.15) is 9.78 Å². The molecule has 4 aromatic rings. The van der Waals surface area contributed by atoms with Gasteiger partial charge < -0.3 is 15.7 Å². The third-order valence-electron chi connectivity index (χ3n) is 7.04. The number of aromatic hydroxyl groups is 1. The molecule has 3 N–H and O–H groups in total. The summed E-state index contributed by atoms with van der Waals surface area (Å²) in [5.41, 5.74) is 4.73. The molecule has 1 saturated carbocycles. The molecule has 0 atom stereocenters. The van der Waals surface area contributed by atoms with Gasteiger partial charge in [-0.3, -0.25) is 4.79 Å². The zero-order chi connectivity index (χ0) is 26.6. The van der Waals surface area contributed by atoms with E-state index < -0.39 is 0 Å². The molecule has 5 rings (SSSR count). The molecule has 0 aliphatic heterocycles. The zero-order valence-electron chi connectivity index (χ0n) is 21.1. The standard InChI is InChI=1S/C30H29ClN4O3/c1-19-8-2-3-11-21(19)18-32-30(38)35-27(20-9-4-5-10-20)17-26(34-35)24-15-14-22(16-28(24)36)33-29(37)23-12-6-7-13-25(23)31/h2-3,6-8,11-17,20,36H,4-5,9-10,18H2,1H3,(H,32,38)(H,33,37). The quantitative estimate of drug-likeness (QED) is 0.254. The van der Waals surface area contributed by atoms with Crippen LogP contribution in [-0.4, -0.2) is 26.8 Å². The molecule has 1 heterocycles. The van der Waals surface area contributed by atoms with Gasteiger partial charge in [0.1, 0.15) is 5.75 Å². The summed E-state index contributed by atoms with van der Waals surface area (Å²) in [5.74, 6) is -0.192. The molecule has 8 heteroatoms. The first kappa shape index (κ1) is 25.5. The number of amides is 2. The van der Waals surface area contributed by atoms with Gasteiger partial charge in [0, 0.05) is 29.8 Å². The maximum atomic E-state index is 13.2. The number of halogens is 1. The first-order valence-corrected chi connectivity index (χ1v) is 13.1. The van der Waals surface area contributed by atoms with Gasteiger partial charge in [-0.05, 0) is 61.2 Å². The van der Waals surface area contributed by atoms with Crippen molar-refractivity contribution in [3.63, 3.8) is 0 Å². The molecule has 0 bridgehead atoms. The van der Waals surface area contributed by atoms with Gasteiger partial charge in [0.25, 0.3) is 5.91 Å². The minimum atomic E-state index is -0.374. The van der Waals surface area contributed by atoms with Crippen molar-refractivity contribution in [3.05, 3.63) is 100 Å². The molecule has 38 heavy (non-hydrogen) atoms. The van der Waals surface area contributed by atoms with Gasteiger partial charge in [-0.1, -0.05) is 60.8 Å². The Morgan fingerprint density at radius 2 is 1.76 bits per heavy atom. The molecule has 2 amide bonds. The van der Waals surface area contributed by atoms with Crippen molar-refractivity contribution >= 4 is 29.2 Å². The third kappa shape index (κ3) is 5.43. The van der Waals surface area contributed by atoms with Gasteiger partial charge in [0.05, 0.1) is 22.0 Å². The van der Waals surface area contributed by atoms with E-state index in [0.29, 0.717) is 34.1 Å². The number of phenols is 1. The van der Waals surface area contributed by atoms with Crippen LogP contribution in [0.15, 0.2) is 72.8 Å². The highest BCUT2D eigenvalue weighted by Crippen LogP contribution is 2.38. The molecule has 1 aliphatic carbocycles. The molecule has 1 aliphatic rings. The van der Waals surface area contributed by atoms with E-state index in [1.165, 1.54) is 10.7 Å². The van der Waals surface area contributed by atoms with E-state index in [9.17, 15) is 14.7 Å². The van der Waals surface area contributed by atoms with Crippen LogP contribution < -0.4 is 10.6 Å². The maximum absolute atomic E-state index is 13.2. The molecular weight excluding hydrogens is 500 g/mol. The Bertz CT molecular complexity index is 1490. The second-order valence-electron chi connectivity index (χ2n) is 9.60. The summed E-state index contributed by atoms with van der Waals surface area (Å²) in [6, 6.07) is 21.1. The Kier molecular flexibility index (Phi) is 7.47. The Hall–Kier alpha value is -4.10. The first-order chi connectivity index (χ1) is 18.4. The lowest BCUT2D eigenvalue weighted by Crippen LogP contribution is -2.31. The number of hydrogen-bond acceptors (Lipinski definition) is 4. The number of carbonyl (C=O) groups excluding carboxylic acids is 2. The van der Waals surface area contributed by atoms with Crippen LogP contribution in [0.1, 0.15) is 58.8 Å². The molecule has 7 nitrogen and oxygen atoms in total. The van der Waals surface area contributed by atoms with Gasteiger partial charge in [-0.15, -0.1) is 0 Å². The lowest BCUT2D eigenvalue weighted by atomic mass is 10.0. The van der Waals surface area contributed by atoms with E-state index in [2.05, 4.69) is 15.7 Å². The van der Waals surface area contributed by atoms with E-state index in [4.69, 9.17) is 11.6 Å². The van der Waals surface area contributed by atoms with Crippen LogP contribution in [0.4, 0.5) is 10.5 Å². The fourth-order valence-corrected chi connectivity index (χ4v) is 5.15. The number of carbonyl (C=O) groups is 2. The number of anilines is 1. The molecule has 3 aromatic carbocycles. The van der Waals surface area contributed by atoms with Crippen molar-refractivity contribution < 1.29 is 14.7 Å². The average Bonchev–Trinajstić information content (AvgIpc) is 3.59. The van der Waals surface area contributed by atoms with Gasteiger partial charge in [0.15, 0.2) is 0 Å². The van der Waals surface area contributed by atoms with E-state index in [1.807, 2.05) is 37.3 Å². The highest BCUT2D eigenvalue weighted by Gasteiger charge is 2.26. The summed E-state index contributed by atoms with van der Waals surface area (Å²) in [5, 5.41) is 21.5. The second-order valence-corrected chi connectivity index (χ2v) is 10.0. The number of aryl methyl sites for hydroxylation is 1. The average molecular weight is 529 g/mol. The predicted octanol–water partition coefficient (Wildman–Crippen LogP) is 6.89. The number of nitrogens with zero attached hydrogens (tertiary/aromatic N) is 2. The fourth-order valence-electron chi connectivity index (χ4n) is 4.93. The lowest BCUT2D eigenvalue weighted by molar-refractivity contribution is 0.102. The molecule has 1 aromatic heterocycles. The number of phenolic OH excluding ortho intramolecular Hbond substituents is 1. The smallest absolute Gasteiger partial charge is 0.342 e. The lowest BCUT2D eigenvalue weighted by Gasteiger charge is -2.13. The van der Waals surface area contributed by atoms with E-state index in [-0.39, 0.29) is 23.6 Å². The first-order valence-electron chi connectivity index (χ1n) is 12.7. The Morgan fingerprint density at radius 3 is 2.50 bits per heavy atom. The summed E-state index contributed by atoms with van der Waals surface area (Å²) in [7, 11) is 0. The highest BCUT2D eigenvalue weighted by molar-refractivity contribution is 6.34. The van der Waals surface area contributed by atoms with Crippen molar-refractivity contribution in [2.75, 3.05) is 5.32 Å². The minimum Gasteiger partial charge on any atom is -0.507 e. The van der Waals surface area contributed by atoms with Crippen LogP contribution >= 0.6 is 11.6 Å². The van der Waals surface area contributed by atoms with Crippen LogP contribution in [0.25, 0.3) is 11.3 Å². The summed E-state index contributed by atoms with van der Waals surface area (Å²) < 4.78 is 1.44. The largest absolute Gasteiger partial charge is 0.507 e. The van der Waals surface area contributed by atoms with Crippen LogP contribution in [0.5, 0.6) is 5.75 Å². The Labute approximate surface area is 226 Å². The molecule has 0 saturated heterocycles. The number of benzene rings is 3. The van der Waals surface area contributed by atoms with Crippen molar-refractivity contribution in [3.8, 4) is 17.0 Å². The van der Waals surface area contributed by atoms with E-state index in [0.717, 1.165) is 42.5 Å². The third-order valence-corrected chi connectivity index (χ3v) is 7.37. The monoisotopic (exact) mass is 528 g/mol. The summed E-state index contributed by atoms with van der Waals surface area (Å²) >= 11 is 6.13. The molecule has 194 valence electrons. The van der Waals surface area contributed by atoms with Crippen molar-refractivity contribution in [2.45, 2.75) is 45.1 Å². The summed E-state index contributed by atoms with van der Waals surface area (Å²) in [6.07, 6.45) is 4.21. The van der Waals surface area contributed by atoms with Crippen molar-refractivity contribution in [1.82, 2.24) is 15.1 Å². The molecular formula is C30H29ClN4O3. The number of rotatable bonds is 6. The van der Waals surface area contributed by atoms with Gasteiger partial charge >= 0.3 is 6.03 Å². The van der Waals surface area contributed by atoms with Gasteiger partial charge in [-0.25, -0.2) is 4.79 Å². The van der Waals surface area contributed by atoms with Crippen LogP contribution in [0, 0.1) is 6.92 Å². The zero-order valence-corrected chi connectivity index (χ0v) is 21.8. The Balaban J connectivity index is 1.39. The second kappa shape index (κ2) is 11.1. The van der Waals surface area contributed by atoms with E-state index in [1.54, 1.807) is 36.4 Å². The SMILES string of the molecule is Cc1ccccc1CNC(=O)n1nc(-c2ccc(NC(=O)c3ccccc3Cl)cc2O)cc1C1CCCC1. The molecule has 0 unspecified atom stereocenters. The van der Waals surface area contributed by atoms with Gasteiger partial charge in [0.2, 0.25) is 0 Å². The van der Waals surface area contributed by atoms with Crippen LogP contribution in [0.3, 0.4) is 0 Å². The van der Waals surface area contributed by atoms with Crippen LogP contribution in [-0.2, 0) is 6.54 Å². The van der Waals surface area contributed by atoms with Crippen molar-refractivity contribution in [1.29, 1.82) is 0 Å². The Morgan fingerprint density at radius 1 is 1.03 bits per heavy atom. The topological polar surface area (TPSA) is 96.3 Å².